The Balaban J connectivity index is 1.75. The van der Waals surface area contributed by atoms with Gasteiger partial charge in [-0.3, -0.25) is 14.5 Å². The number of aryl methyl sites for hydroxylation is 2. The molecule has 33 heavy (non-hydrogen) atoms. The Bertz CT molecular complexity index is 1240. The van der Waals surface area contributed by atoms with Gasteiger partial charge < -0.3 is 5.32 Å². The second-order valence-electron chi connectivity index (χ2n) is 8.58. The van der Waals surface area contributed by atoms with Gasteiger partial charge in [0.15, 0.2) is 0 Å². The molecule has 0 radical (unpaired) electrons. The number of rotatable bonds is 7. The van der Waals surface area contributed by atoms with Crippen LogP contribution in [0.4, 0.5) is 5.69 Å². The number of amides is 2. The summed E-state index contributed by atoms with van der Waals surface area (Å²) in [6.45, 7) is 7.21. The van der Waals surface area contributed by atoms with E-state index in [2.05, 4.69) is 5.32 Å². The highest BCUT2D eigenvalue weighted by atomic mass is 32.2. The van der Waals surface area contributed by atoms with Crippen LogP contribution < -0.4 is 5.32 Å². The lowest BCUT2D eigenvalue weighted by atomic mass is 9.99. The Kier molecular flexibility index (Phi) is 6.41. The Morgan fingerprint density at radius 2 is 1.67 bits per heavy atom. The molecule has 1 fully saturated rings. The summed E-state index contributed by atoms with van der Waals surface area (Å²) >= 11 is 0. The fourth-order valence-electron chi connectivity index (χ4n) is 4.24. The largest absolute Gasteiger partial charge is 0.350 e. The average molecular weight is 468 g/mol. The second-order valence-corrected chi connectivity index (χ2v) is 10.5. The van der Waals surface area contributed by atoms with Crippen LogP contribution in [0.15, 0.2) is 53.1 Å². The summed E-state index contributed by atoms with van der Waals surface area (Å²) in [4.78, 5) is 27.8. The highest BCUT2D eigenvalue weighted by molar-refractivity contribution is 7.89. The van der Waals surface area contributed by atoms with Crippen molar-refractivity contribution >= 4 is 33.1 Å². The molecule has 1 N–H and O–H groups in total. The van der Waals surface area contributed by atoms with Gasteiger partial charge in [-0.1, -0.05) is 31.2 Å². The Morgan fingerprint density at radius 3 is 2.33 bits per heavy atom. The van der Waals surface area contributed by atoms with Crippen LogP contribution in [0.1, 0.15) is 42.9 Å². The van der Waals surface area contributed by atoms with Gasteiger partial charge in [0.2, 0.25) is 10.0 Å². The number of carbonyl (C=O) groups excluding carboxylic acids is 2. The lowest BCUT2D eigenvalue weighted by Crippen LogP contribution is -2.33. The molecular formula is C25H29N3O4S. The van der Waals surface area contributed by atoms with Crippen molar-refractivity contribution < 1.29 is 18.0 Å². The summed E-state index contributed by atoms with van der Waals surface area (Å²) in [5, 5.41) is 3.08. The van der Waals surface area contributed by atoms with Crippen molar-refractivity contribution in [3.63, 3.8) is 0 Å². The Hall–Kier alpha value is -2.97. The number of imide groups is 1. The quantitative estimate of drug-likeness (QED) is 0.628. The molecule has 2 amide bonds. The first-order valence-corrected chi connectivity index (χ1v) is 12.7. The number of hydrogen-bond acceptors (Lipinski definition) is 5. The van der Waals surface area contributed by atoms with E-state index in [4.69, 9.17) is 0 Å². The van der Waals surface area contributed by atoms with Gasteiger partial charge in [0, 0.05) is 25.3 Å². The molecule has 2 heterocycles. The molecule has 0 spiro atoms. The topological polar surface area (TPSA) is 86.8 Å². The second kappa shape index (κ2) is 9.11. The van der Waals surface area contributed by atoms with Gasteiger partial charge >= 0.3 is 0 Å². The van der Waals surface area contributed by atoms with Gasteiger partial charge in [-0.2, -0.15) is 4.31 Å². The lowest BCUT2D eigenvalue weighted by Gasteiger charge is -2.17. The first-order valence-electron chi connectivity index (χ1n) is 11.3. The van der Waals surface area contributed by atoms with E-state index in [0.717, 1.165) is 24.0 Å². The maximum atomic E-state index is 13.2. The number of anilines is 1. The number of benzene rings is 2. The van der Waals surface area contributed by atoms with Crippen molar-refractivity contribution in [1.82, 2.24) is 9.21 Å². The molecule has 2 aromatic carbocycles. The third-order valence-corrected chi connectivity index (χ3v) is 8.11. The van der Waals surface area contributed by atoms with Crippen LogP contribution in [0.5, 0.6) is 0 Å². The number of sulfonamides is 1. The predicted octanol–water partition coefficient (Wildman–Crippen LogP) is 3.69. The minimum absolute atomic E-state index is 0.171. The van der Waals surface area contributed by atoms with E-state index in [1.54, 1.807) is 18.2 Å². The van der Waals surface area contributed by atoms with Crippen molar-refractivity contribution in [2.75, 3.05) is 25.0 Å². The molecule has 0 bridgehead atoms. The molecule has 0 atom stereocenters. The molecule has 0 aliphatic carbocycles. The molecule has 7 nitrogen and oxygen atoms in total. The van der Waals surface area contributed by atoms with Gasteiger partial charge in [-0.05, 0) is 68.0 Å². The van der Waals surface area contributed by atoms with Gasteiger partial charge in [-0.25, -0.2) is 8.42 Å². The Morgan fingerprint density at radius 1 is 0.939 bits per heavy atom. The van der Waals surface area contributed by atoms with Crippen LogP contribution in [-0.4, -0.2) is 49.1 Å². The van der Waals surface area contributed by atoms with Crippen LogP contribution in [0.3, 0.4) is 0 Å². The van der Waals surface area contributed by atoms with Gasteiger partial charge in [0.25, 0.3) is 11.8 Å². The minimum atomic E-state index is -3.60. The van der Waals surface area contributed by atoms with Crippen LogP contribution in [0, 0.1) is 13.8 Å². The van der Waals surface area contributed by atoms with Gasteiger partial charge in [0.1, 0.15) is 5.70 Å². The average Bonchev–Trinajstić information content (AvgIpc) is 3.41. The van der Waals surface area contributed by atoms with E-state index >= 15 is 0 Å². The molecule has 1 saturated heterocycles. The van der Waals surface area contributed by atoms with Crippen molar-refractivity contribution in [3.05, 3.63) is 64.9 Å². The zero-order valence-corrected chi connectivity index (χ0v) is 20.0. The molecule has 0 saturated carbocycles. The lowest BCUT2D eigenvalue weighted by molar-refractivity contribution is -0.136. The molecule has 174 valence electrons. The third-order valence-electron chi connectivity index (χ3n) is 6.22. The van der Waals surface area contributed by atoms with Crippen molar-refractivity contribution in [2.45, 2.75) is 44.9 Å². The van der Waals surface area contributed by atoms with Crippen molar-refractivity contribution in [3.8, 4) is 0 Å². The first kappa shape index (κ1) is 23.2. The van der Waals surface area contributed by atoms with E-state index < -0.39 is 15.9 Å². The molecular weight excluding hydrogens is 438 g/mol. The number of carbonyl (C=O) groups is 2. The highest BCUT2D eigenvalue weighted by Crippen LogP contribution is 2.32. The first-order chi connectivity index (χ1) is 15.7. The smallest absolute Gasteiger partial charge is 0.278 e. The van der Waals surface area contributed by atoms with E-state index in [1.807, 2.05) is 39.0 Å². The molecule has 2 aliphatic rings. The van der Waals surface area contributed by atoms with E-state index in [-0.39, 0.29) is 16.5 Å². The van der Waals surface area contributed by atoms with Gasteiger partial charge in [0.05, 0.1) is 10.5 Å². The molecule has 2 aromatic rings. The maximum absolute atomic E-state index is 13.2. The minimum Gasteiger partial charge on any atom is -0.350 e. The zero-order chi connectivity index (χ0) is 23.8. The van der Waals surface area contributed by atoms with Gasteiger partial charge in [-0.15, -0.1) is 0 Å². The fourth-order valence-corrected chi connectivity index (χ4v) is 5.80. The standard InChI is InChI=1S/C25H29N3O4S/c1-4-12-28-24(29)22(19-11-10-17(2)18(3)15-19)23(25(28)30)26-20-8-7-9-21(16-20)33(31,32)27-13-5-6-14-27/h7-11,15-16,26H,4-6,12-14H2,1-3H3. The SMILES string of the molecule is CCCN1C(=O)C(Nc2cccc(S(=O)(=O)N3CCCC3)c2)=C(c2ccc(C)c(C)c2)C1=O. The summed E-state index contributed by atoms with van der Waals surface area (Å²) in [6.07, 6.45) is 2.36. The van der Waals surface area contributed by atoms with Crippen LogP contribution in [0.2, 0.25) is 0 Å². The van der Waals surface area contributed by atoms with Crippen LogP contribution in [0.25, 0.3) is 5.57 Å². The van der Waals surface area contributed by atoms with E-state index in [9.17, 15) is 18.0 Å². The molecule has 2 aliphatic heterocycles. The molecule has 4 rings (SSSR count). The summed E-state index contributed by atoms with van der Waals surface area (Å²) in [5.41, 5.74) is 3.71. The van der Waals surface area contributed by atoms with Crippen molar-refractivity contribution in [2.24, 2.45) is 0 Å². The van der Waals surface area contributed by atoms with Crippen LogP contribution >= 0.6 is 0 Å². The predicted molar refractivity (Wildman–Crippen MR) is 128 cm³/mol. The normalized spacial score (nSPS) is 17.4. The molecule has 0 aromatic heterocycles. The maximum Gasteiger partial charge on any atom is 0.278 e. The number of nitrogens with zero attached hydrogens (tertiary/aromatic N) is 2. The monoisotopic (exact) mass is 467 g/mol. The van der Waals surface area contributed by atoms with E-state index in [1.165, 1.54) is 15.3 Å². The summed E-state index contributed by atoms with van der Waals surface area (Å²) in [7, 11) is -3.60. The summed E-state index contributed by atoms with van der Waals surface area (Å²) in [5.74, 6) is -0.740. The number of hydrogen-bond donors (Lipinski definition) is 1. The number of nitrogens with one attached hydrogen (secondary N) is 1. The highest BCUT2D eigenvalue weighted by Gasteiger charge is 2.39. The fraction of sp³-hybridized carbons (Fsp3) is 0.360. The zero-order valence-electron chi connectivity index (χ0n) is 19.2. The van der Waals surface area contributed by atoms with E-state index in [0.29, 0.717) is 42.9 Å². The Labute approximate surface area is 195 Å². The molecule has 0 unspecified atom stereocenters. The summed E-state index contributed by atoms with van der Waals surface area (Å²) in [6, 6.07) is 12.1. The molecule has 8 heteroatoms. The third kappa shape index (κ3) is 4.32. The van der Waals surface area contributed by atoms with Crippen LogP contribution in [-0.2, 0) is 19.6 Å². The summed E-state index contributed by atoms with van der Waals surface area (Å²) < 4.78 is 27.5. The van der Waals surface area contributed by atoms with Crippen molar-refractivity contribution in [1.29, 1.82) is 0 Å².